The molecule has 0 aliphatic heterocycles. The lowest BCUT2D eigenvalue weighted by atomic mass is 9.74. The minimum Gasteiger partial charge on any atom is -0.493 e. The molecule has 0 fully saturated rings. The fraction of sp³-hybridized carbons (Fsp3) is 0.655. The normalized spacial score (nSPS) is 15.9. The lowest BCUT2D eigenvalue weighted by molar-refractivity contribution is 0.134. The number of aliphatic imine (C=N–C) groups is 1. The Morgan fingerprint density at radius 1 is 1.03 bits per heavy atom. The quantitative estimate of drug-likeness (QED) is 0.247. The van der Waals surface area contributed by atoms with Crippen molar-refractivity contribution in [3.05, 3.63) is 35.7 Å². The molecule has 34 heavy (non-hydrogen) atoms. The first-order chi connectivity index (χ1) is 15.8. The molecular formula is C29H42N4O. The highest BCUT2D eigenvalue weighted by atomic mass is 16.5. The summed E-state index contributed by atoms with van der Waals surface area (Å²) in [5.74, 6) is 2.42. The van der Waals surface area contributed by atoms with E-state index in [-0.39, 0.29) is 17.5 Å². The van der Waals surface area contributed by atoms with E-state index in [9.17, 15) is 0 Å². The minimum absolute atomic E-state index is 0.0427. The van der Waals surface area contributed by atoms with Gasteiger partial charge in [0.2, 0.25) is 0 Å². The number of benzene rings is 1. The van der Waals surface area contributed by atoms with E-state index in [0.717, 1.165) is 18.6 Å². The van der Waals surface area contributed by atoms with Crippen LogP contribution in [0.3, 0.4) is 0 Å². The Morgan fingerprint density at radius 2 is 1.62 bits per heavy atom. The van der Waals surface area contributed by atoms with Gasteiger partial charge in [0, 0.05) is 0 Å². The maximum atomic E-state index is 9.13. The molecule has 184 valence electrons. The van der Waals surface area contributed by atoms with E-state index < -0.39 is 6.04 Å². The number of nitriles is 2. The van der Waals surface area contributed by atoms with Crippen LogP contribution in [0.25, 0.3) is 4.85 Å². The summed E-state index contributed by atoms with van der Waals surface area (Å²) in [6.07, 6.45) is 3.44. The van der Waals surface area contributed by atoms with Crippen molar-refractivity contribution in [3.63, 3.8) is 0 Å². The smallest absolute Gasteiger partial charge is 0.346 e. The SMILES string of the molecule is [C-]#[N+]C(C#N)C(CC#N)=Nc1ccc(OCC(CC(C)CC(C)(C)C)C(C)CC(C)(C)C)cc1. The fourth-order valence-corrected chi connectivity index (χ4v) is 4.68. The molecule has 4 unspecified atom stereocenters. The number of hydrogen-bond donors (Lipinski definition) is 0. The van der Waals surface area contributed by atoms with Crippen LogP contribution >= 0.6 is 0 Å². The van der Waals surface area contributed by atoms with Gasteiger partial charge in [-0.25, -0.2) is 11.6 Å². The van der Waals surface area contributed by atoms with Crippen molar-refractivity contribution in [1.29, 1.82) is 10.5 Å². The summed E-state index contributed by atoms with van der Waals surface area (Å²) in [7, 11) is 0. The van der Waals surface area contributed by atoms with Crippen LogP contribution in [-0.2, 0) is 0 Å². The first-order valence-electron chi connectivity index (χ1n) is 12.2. The summed E-state index contributed by atoms with van der Waals surface area (Å²) in [5, 5.41) is 18.1. The minimum atomic E-state index is -1.03. The molecule has 1 aromatic rings. The summed E-state index contributed by atoms with van der Waals surface area (Å²) in [6, 6.07) is 10.2. The first kappa shape index (κ1) is 29.2. The molecule has 0 aliphatic rings. The van der Waals surface area contributed by atoms with Crippen LogP contribution in [0.5, 0.6) is 5.75 Å². The van der Waals surface area contributed by atoms with Gasteiger partial charge in [-0.3, -0.25) is 4.85 Å². The molecule has 0 spiro atoms. The van der Waals surface area contributed by atoms with Crippen molar-refractivity contribution >= 4 is 11.4 Å². The predicted molar refractivity (Wildman–Crippen MR) is 140 cm³/mol. The van der Waals surface area contributed by atoms with E-state index in [4.69, 9.17) is 21.8 Å². The average molecular weight is 463 g/mol. The van der Waals surface area contributed by atoms with Crippen LogP contribution in [0.4, 0.5) is 5.69 Å². The molecule has 1 aromatic carbocycles. The maximum absolute atomic E-state index is 9.13. The average Bonchev–Trinajstić information content (AvgIpc) is 2.70. The number of ether oxygens (including phenoxy) is 1. The molecule has 0 aliphatic carbocycles. The van der Waals surface area contributed by atoms with Gasteiger partial charge in [0.1, 0.15) is 11.5 Å². The zero-order chi connectivity index (χ0) is 25.9. The molecule has 0 bridgehead atoms. The third kappa shape index (κ3) is 11.3. The Hall–Kier alpha value is -2.84. The second-order valence-electron chi connectivity index (χ2n) is 12.0. The van der Waals surface area contributed by atoms with E-state index in [0.29, 0.717) is 35.5 Å². The topological polar surface area (TPSA) is 73.5 Å². The number of hydrogen-bond acceptors (Lipinski definition) is 4. The summed E-state index contributed by atoms with van der Waals surface area (Å²) in [4.78, 5) is 7.63. The third-order valence-corrected chi connectivity index (χ3v) is 5.81. The van der Waals surface area contributed by atoms with Gasteiger partial charge in [0.25, 0.3) is 0 Å². The van der Waals surface area contributed by atoms with Crippen LogP contribution in [0.2, 0.25) is 0 Å². The molecule has 0 saturated heterocycles. The van der Waals surface area contributed by atoms with Crippen molar-refractivity contribution in [2.45, 2.75) is 87.1 Å². The highest BCUT2D eigenvalue weighted by molar-refractivity contribution is 5.96. The van der Waals surface area contributed by atoms with Crippen LogP contribution in [0, 0.1) is 57.8 Å². The Bertz CT molecular complexity index is 900. The molecule has 0 saturated carbocycles. The molecule has 5 nitrogen and oxygen atoms in total. The van der Waals surface area contributed by atoms with Crippen LogP contribution in [0.15, 0.2) is 29.3 Å². The second kappa shape index (κ2) is 13.2. The summed E-state index contributed by atoms with van der Waals surface area (Å²) >= 11 is 0. The molecular weight excluding hydrogens is 420 g/mol. The van der Waals surface area contributed by atoms with Crippen LogP contribution in [-0.4, -0.2) is 18.4 Å². The summed E-state index contributed by atoms with van der Waals surface area (Å²) in [6.45, 7) is 26.3. The van der Waals surface area contributed by atoms with Gasteiger partial charge < -0.3 is 4.74 Å². The van der Waals surface area contributed by atoms with Gasteiger partial charge in [-0.2, -0.15) is 10.5 Å². The monoisotopic (exact) mass is 462 g/mol. The van der Waals surface area contributed by atoms with Gasteiger partial charge >= 0.3 is 6.04 Å². The van der Waals surface area contributed by atoms with E-state index in [2.05, 4.69) is 65.2 Å². The lowest BCUT2D eigenvalue weighted by Crippen LogP contribution is -2.26. The summed E-state index contributed by atoms with van der Waals surface area (Å²) in [5.41, 5.74) is 1.48. The molecule has 1 rings (SSSR count). The molecule has 0 radical (unpaired) electrons. The maximum Gasteiger partial charge on any atom is 0.346 e. The zero-order valence-electron chi connectivity index (χ0n) is 22.4. The van der Waals surface area contributed by atoms with E-state index in [1.165, 1.54) is 6.42 Å². The number of nitrogens with zero attached hydrogens (tertiary/aromatic N) is 4. The zero-order valence-corrected chi connectivity index (χ0v) is 22.4. The van der Waals surface area contributed by atoms with E-state index in [1.807, 2.05) is 24.3 Å². The predicted octanol–water partition coefficient (Wildman–Crippen LogP) is 8.01. The number of rotatable bonds is 11. The second-order valence-corrected chi connectivity index (χ2v) is 12.0. The largest absolute Gasteiger partial charge is 0.493 e. The lowest BCUT2D eigenvalue weighted by Gasteiger charge is -2.33. The first-order valence-corrected chi connectivity index (χ1v) is 12.2. The Morgan fingerprint density at radius 3 is 2.09 bits per heavy atom. The molecule has 4 atom stereocenters. The molecule has 0 N–H and O–H groups in total. The highest BCUT2D eigenvalue weighted by Crippen LogP contribution is 2.35. The Kier molecular flexibility index (Phi) is 11.3. The van der Waals surface area contributed by atoms with Gasteiger partial charge in [-0.15, -0.1) is 0 Å². The van der Waals surface area contributed by atoms with Gasteiger partial charge in [-0.1, -0.05) is 55.4 Å². The summed E-state index contributed by atoms with van der Waals surface area (Å²) < 4.78 is 6.23. The third-order valence-electron chi connectivity index (χ3n) is 5.81. The molecule has 0 amide bonds. The van der Waals surface area contributed by atoms with Crippen molar-refractivity contribution in [2.24, 2.45) is 33.6 Å². The molecule has 0 heterocycles. The highest BCUT2D eigenvalue weighted by Gasteiger charge is 2.27. The van der Waals surface area contributed by atoms with Crippen molar-refractivity contribution in [2.75, 3.05) is 6.61 Å². The Balaban J connectivity index is 2.95. The van der Waals surface area contributed by atoms with Crippen molar-refractivity contribution in [1.82, 2.24) is 0 Å². The molecule has 0 aromatic heterocycles. The molecule has 5 heteroatoms. The Labute approximate surface area is 207 Å². The van der Waals surface area contributed by atoms with Crippen LogP contribution < -0.4 is 4.74 Å². The standard InChI is InChI=1S/C29H42N4O/c1-21(17-28(3,4)5)16-23(22(2)18-29(6,7)8)20-34-25-12-10-24(11-13-25)33-26(14-15-30)27(19-31)32-9/h10-13,21-23,27H,14,16-18,20H2,1-8H3. The van der Waals surface area contributed by atoms with Gasteiger partial charge in [0.05, 0.1) is 24.8 Å². The van der Waals surface area contributed by atoms with Crippen molar-refractivity contribution in [3.8, 4) is 17.9 Å². The fourth-order valence-electron chi connectivity index (χ4n) is 4.68. The van der Waals surface area contributed by atoms with Gasteiger partial charge in [-0.05, 0) is 72.1 Å². The van der Waals surface area contributed by atoms with Crippen LogP contribution in [0.1, 0.15) is 81.1 Å². The van der Waals surface area contributed by atoms with Gasteiger partial charge in [0.15, 0.2) is 6.07 Å². The van der Waals surface area contributed by atoms with Crippen molar-refractivity contribution < 1.29 is 4.74 Å². The van der Waals surface area contributed by atoms with E-state index >= 15 is 0 Å². The van der Waals surface area contributed by atoms with E-state index in [1.54, 1.807) is 12.1 Å².